The molecule has 2 amide bonds. The fraction of sp³-hybridized carbons (Fsp3) is 0.349. The molecule has 1 aliphatic carbocycles. The molecular weight excluding hydrogens is 693 g/mol. The van der Waals surface area contributed by atoms with Gasteiger partial charge in [0.1, 0.15) is 30.0 Å². The van der Waals surface area contributed by atoms with Gasteiger partial charge in [0.15, 0.2) is 11.5 Å². The molecule has 0 radical (unpaired) electrons. The highest BCUT2D eigenvalue weighted by Crippen LogP contribution is 2.39. The van der Waals surface area contributed by atoms with Crippen molar-refractivity contribution in [3.63, 3.8) is 0 Å². The summed E-state index contributed by atoms with van der Waals surface area (Å²) in [6.07, 6.45) is 3.17. The SMILES string of the molecule is Cc1ccc(-n2nc(C(C)(C)C)cc2NC(=O)N[C@H]2CC[C@@H](Oc3ccc4nnc(-c5cccc(OCCN6CCOCC6)c5)n4c3)c3ccccc32)cc1. The van der Waals surface area contributed by atoms with E-state index in [9.17, 15) is 4.79 Å². The fourth-order valence-corrected chi connectivity index (χ4v) is 7.20. The Labute approximate surface area is 321 Å². The molecule has 2 N–H and O–H groups in total. The number of morpholine rings is 1. The zero-order valence-electron chi connectivity index (χ0n) is 31.9. The van der Waals surface area contributed by atoms with Crippen LogP contribution < -0.4 is 20.1 Å². The van der Waals surface area contributed by atoms with Crippen molar-refractivity contribution >= 4 is 17.5 Å². The highest BCUT2D eigenvalue weighted by atomic mass is 16.5. The second-order valence-corrected chi connectivity index (χ2v) is 15.3. The first-order valence-electron chi connectivity index (χ1n) is 19.1. The number of hydrogen-bond acceptors (Lipinski definition) is 8. The van der Waals surface area contributed by atoms with Crippen molar-refractivity contribution in [2.45, 2.75) is 58.1 Å². The highest BCUT2D eigenvalue weighted by Gasteiger charge is 2.30. The van der Waals surface area contributed by atoms with Crippen LogP contribution >= 0.6 is 0 Å². The quantitative estimate of drug-likeness (QED) is 0.147. The van der Waals surface area contributed by atoms with Gasteiger partial charge in [0.2, 0.25) is 0 Å². The van der Waals surface area contributed by atoms with Crippen molar-refractivity contribution in [2.24, 2.45) is 0 Å². The molecule has 4 heterocycles. The Morgan fingerprint density at radius 1 is 0.891 bits per heavy atom. The molecule has 0 bridgehead atoms. The van der Waals surface area contributed by atoms with Crippen molar-refractivity contribution in [3.05, 3.63) is 120 Å². The first-order chi connectivity index (χ1) is 26.7. The Morgan fingerprint density at radius 2 is 1.69 bits per heavy atom. The van der Waals surface area contributed by atoms with E-state index in [1.165, 1.54) is 0 Å². The Bertz CT molecular complexity index is 2270. The zero-order chi connectivity index (χ0) is 37.9. The monoisotopic (exact) mass is 740 g/mol. The van der Waals surface area contributed by atoms with Gasteiger partial charge in [0.05, 0.1) is 36.8 Å². The molecule has 8 rings (SSSR count). The van der Waals surface area contributed by atoms with Gasteiger partial charge in [-0.15, -0.1) is 10.2 Å². The average Bonchev–Trinajstić information content (AvgIpc) is 3.81. The molecule has 1 saturated heterocycles. The van der Waals surface area contributed by atoms with Gasteiger partial charge in [-0.05, 0) is 67.3 Å². The van der Waals surface area contributed by atoms with Crippen molar-refractivity contribution in [1.82, 2.24) is 34.6 Å². The second-order valence-electron chi connectivity index (χ2n) is 15.3. The minimum atomic E-state index is -0.287. The first kappa shape index (κ1) is 36.3. The number of aryl methyl sites for hydroxylation is 1. The van der Waals surface area contributed by atoms with Gasteiger partial charge in [-0.2, -0.15) is 5.10 Å². The average molecular weight is 741 g/mol. The molecule has 3 aromatic heterocycles. The first-order valence-corrected chi connectivity index (χ1v) is 19.1. The van der Waals surface area contributed by atoms with Crippen LogP contribution in [0.5, 0.6) is 11.5 Å². The lowest BCUT2D eigenvalue weighted by Crippen LogP contribution is -2.38. The highest BCUT2D eigenvalue weighted by molar-refractivity contribution is 5.89. The Kier molecular flexibility index (Phi) is 10.3. The number of benzene rings is 3. The summed E-state index contributed by atoms with van der Waals surface area (Å²) < 4.78 is 22.0. The minimum Gasteiger partial charge on any atom is -0.492 e. The van der Waals surface area contributed by atoms with E-state index in [-0.39, 0.29) is 23.6 Å². The number of aromatic nitrogens is 5. The van der Waals surface area contributed by atoms with E-state index in [0.29, 0.717) is 36.8 Å². The largest absolute Gasteiger partial charge is 0.492 e. The number of urea groups is 1. The van der Waals surface area contributed by atoms with Gasteiger partial charge in [0, 0.05) is 36.7 Å². The van der Waals surface area contributed by atoms with Gasteiger partial charge in [-0.3, -0.25) is 14.6 Å². The molecule has 12 heteroatoms. The molecule has 1 aliphatic heterocycles. The number of carbonyl (C=O) groups is 1. The molecule has 284 valence electrons. The number of fused-ring (bicyclic) bond motifs is 2. The number of nitrogens with zero attached hydrogens (tertiary/aromatic N) is 6. The molecule has 55 heavy (non-hydrogen) atoms. The third kappa shape index (κ3) is 8.20. The molecule has 0 spiro atoms. The number of nitrogens with one attached hydrogen (secondary N) is 2. The van der Waals surface area contributed by atoms with Crippen LogP contribution in [0.4, 0.5) is 10.6 Å². The molecular formula is C43H48N8O4. The lowest BCUT2D eigenvalue weighted by molar-refractivity contribution is 0.0322. The molecule has 3 aromatic carbocycles. The van der Waals surface area contributed by atoms with Crippen LogP contribution in [-0.2, 0) is 10.2 Å². The molecule has 12 nitrogen and oxygen atoms in total. The van der Waals surface area contributed by atoms with Crippen LogP contribution in [-0.4, -0.2) is 74.8 Å². The van der Waals surface area contributed by atoms with E-state index in [4.69, 9.17) is 19.3 Å². The predicted molar refractivity (Wildman–Crippen MR) is 212 cm³/mol. The maximum Gasteiger partial charge on any atom is 0.320 e. The van der Waals surface area contributed by atoms with Crippen LogP contribution in [0.3, 0.4) is 0 Å². The molecule has 1 fully saturated rings. The molecule has 2 atom stereocenters. The molecule has 0 saturated carbocycles. The van der Waals surface area contributed by atoms with Crippen molar-refractivity contribution < 1.29 is 19.0 Å². The van der Waals surface area contributed by atoms with Crippen LogP contribution in [0.1, 0.15) is 68.1 Å². The van der Waals surface area contributed by atoms with Gasteiger partial charge in [-0.25, -0.2) is 9.48 Å². The zero-order valence-corrected chi connectivity index (χ0v) is 31.9. The summed E-state index contributed by atoms with van der Waals surface area (Å²) in [7, 11) is 0. The van der Waals surface area contributed by atoms with E-state index in [1.807, 2.05) is 89.5 Å². The summed E-state index contributed by atoms with van der Waals surface area (Å²) in [5, 5.41) is 20.2. The Balaban J connectivity index is 0.959. The molecule has 2 aliphatic rings. The van der Waals surface area contributed by atoms with Gasteiger partial charge in [-0.1, -0.05) is 74.9 Å². The minimum absolute atomic E-state index is 0.191. The summed E-state index contributed by atoms with van der Waals surface area (Å²) >= 11 is 0. The van der Waals surface area contributed by atoms with Crippen molar-refractivity contribution in [2.75, 3.05) is 44.8 Å². The Hall–Kier alpha value is -5.72. The van der Waals surface area contributed by atoms with E-state index in [2.05, 4.69) is 65.6 Å². The lowest BCUT2D eigenvalue weighted by atomic mass is 9.85. The van der Waals surface area contributed by atoms with E-state index < -0.39 is 0 Å². The summed E-state index contributed by atoms with van der Waals surface area (Å²) in [6, 6.07) is 29.6. The van der Waals surface area contributed by atoms with E-state index in [0.717, 1.165) is 77.9 Å². The normalized spacial score (nSPS) is 17.5. The summed E-state index contributed by atoms with van der Waals surface area (Å²) in [5.74, 6) is 2.81. The number of carbonyl (C=O) groups excluding carboxylic acids is 1. The van der Waals surface area contributed by atoms with Crippen molar-refractivity contribution in [1.29, 1.82) is 0 Å². The third-order valence-corrected chi connectivity index (χ3v) is 10.3. The number of ether oxygens (including phenoxy) is 3. The maximum absolute atomic E-state index is 13.6. The standard InChI is InChI=1S/C43H48N8O4/c1-29-12-14-31(15-13-29)51-40(27-38(48-51)43(2,3)4)45-42(52)44-36-17-18-37(35-11-6-5-10-34(35)36)55-33-16-19-39-46-47-41(50(39)28-33)30-8-7-9-32(26-30)54-25-22-49-20-23-53-24-21-49/h5-16,19,26-28,36-37H,17-18,20-25H2,1-4H3,(H2,44,45,52)/t36-,37+/m0/s1. The van der Waals surface area contributed by atoms with Crippen LogP contribution in [0.25, 0.3) is 22.7 Å². The summed E-state index contributed by atoms with van der Waals surface area (Å²) in [6.45, 7) is 13.3. The van der Waals surface area contributed by atoms with Crippen LogP contribution in [0.15, 0.2) is 97.2 Å². The Morgan fingerprint density at radius 3 is 2.49 bits per heavy atom. The predicted octanol–water partition coefficient (Wildman–Crippen LogP) is 7.68. The summed E-state index contributed by atoms with van der Waals surface area (Å²) in [4.78, 5) is 16.0. The number of pyridine rings is 1. The smallest absolute Gasteiger partial charge is 0.320 e. The van der Waals surface area contributed by atoms with E-state index >= 15 is 0 Å². The van der Waals surface area contributed by atoms with Crippen molar-refractivity contribution in [3.8, 4) is 28.6 Å². The number of anilines is 1. The molecule has 6 aromatic rings. The van der Waals surface area contributed by atoms with Gasteiger partial charge >= 0.3 is 6.03 Å². The number of rotatable bonds is 10. The molecule has 0 unspecified atom stereocenters. The lowest BCUT2D eigenvalue weighted by Gasteiger charge is -2.32. The van der Waals surface area contributed by atoms with Gasteiger partial charge in [0.25, 0.3) is 0 Å². The maximum atomic E-state index is 13.6. The van der Waals surface area contributed by atoms with Crippen LogP contribution in [0, 0.1) is 6.92 Å². The second kappa shape index (κ2) is 15.6. The van der Waals surface area contributed by atoms with Crippen LogP contribution in [0.2, 0.25) is 0 Å². The summed E-state index contributed by atoms with van der Waals surface area (Å²) in [5.41, 5.74) is 6.44. The third-order valence-electron chi connectivity index (χ3n) is 10.3. The van der Waals surface area contributed by atoms with Gasteiger partial charge < -0.3 is 19.5 Å². The topological polar surface area (TPSA) is 120 Å². The fourth-order valence-electron chi connectivity index (χ4n) is 7.20. The number of amides is 2. The number of hydrogen-bond donors (Lipinski definition) is 2. The van der Waals surface area contributed by atoms with E-state index in [1.54, 1.807) is 4.68 Å².